The van der Waals surface area contributed by atoms with E-state index in [0.717, 1.165) is 11.1 Å². The number of aliphatic imine (C=N–C) groups is 1. The van der Waals surface area contributed by atoms with E-state index in [9.17, 15) is 9.59 Å². The van der Waals surface area contributed by atoms with Crippen LogP contribution in [0.25, 0.3) is 0 Å². The van der Waals surface area contributed by atoms with Crippen molar-refractivity contribution in [2.45, 2.75) is 19.4 Å². The van der Waals surface area contributed by atoms with Gasteiger partial charge in [0.1, 0.15) is 0 Å². The minimum absolute atomic E-state index is 0.219. The molecule has 0 radical (unpaired) electrons. The Morgan fingerprint density at radius 2 is 1.42 bits per heavy atom. The standard InChI is InChI=1S/C18H19N3O2.C2H7N/c19-17(18(23)20-13-15-9-5-2-6-10-15)21-16(22)12-11-14-7-3-1-4-8-14;1-3-2/h1-10H,11-13H2,(H,20,23)(H2,19,21,22);3H,1-2H3. The van der Waals surface area contributed by atoms with E-state index in [2.05, 4.69) is 15.6 Å². The van der Waals surface area contributed by atoms with Gasteiger partial charge in [-0.25, -0.2) is 0 Å². The molecule has 0 bridgehead atoms. The van der Waals surface area contributed by atoms with Crippen LogP contribution < -0.4 is 16.4 Å². The van der Waals surface area contributed by atoms with E-state index >= 15 is 0 Å². The highest BCUT2D eigenvalue weighted by atomic mass is 16.2. The van der Waals surface area contributed by atoms with Crippen molar-refractivity contribution in [2.75, 3.05) is 14.1 Å². The van der Waals surface area contributed by atoms with Crippen molar-refractivity contribution < 1.29 is 9.59 Å². The van der Waals surface area contributed by atoms with Crippen LogP contribution in [0.4, 0.5) is 0 Å². The fraction of sp³-hybridized carbons (Fsp3) is 0.250. The zero-order valence-electron chi connectivity index (χ0n) is 15.2. The molecule has 2 amide bonds. The summed E-state index contributed by atoms with van der Waals surface area (Å²) in [6.45, 7) is 0.341. The largest absolute Gasteiger partial charge is 0.379 e. The Kier molecular flexibility index (Phi) is 10.0. The highest BCUT2D eigenvalue weighted by Gasteiger charge is 2.09. The van der Waals surface area contributed by atoms with Crippen LogP contribution in [-0.2, 0) is 22.6 Å². The number of amidine groups is 1. The van der Waals surface area contributed by atoms with Crippen molar-refractivity contribution in [1.29, 1.82) is 0 Å². The molecule has 4 N–H and O–H groups in total. The van der Waals surface area contributed by atoms with Gasteiger partial charge in [-0.3, -0.25) is 9.59 Å². The first-order valence-electron chi connectivity index (χ1n) is 8.38. The number of aryl methyl sites for hydroxylation is 1. The highest BCUT2D eigenvalue weighted by molar-refractivity contribution is 6.38. The van der Waals surface area contributed by atoms with E-state index in [1.54, 1.807) is 0 Å². The average Bonchev–Trinajstić information content (AvgIpc) is 2.66. The monoisotopic (exact) mass is 354 g/mol. The summed E-state index contributed by atoms with van der Waals surface area (Å²) in [7, 11) is 3.75. The van der Waals surface area contributed by atoms with Gasteiger partial charge in [0, 0.05) is 13.0 Å². The molecule has 2 rings (SSSR count). The Morgan fingerprint density at radius 3 is 1.96 bits per heavy atom. The number of nitrogens with zero attached hydrogens (tertiary/aromatic N) is 1. The maximum Gasteiger partial charge on any atom is 0.286 e. The van der Waals surface area contributed by atoms with Crippen molar-refractivity contribution in [2.24, 2.45) is 10.7 Å². The van der Waals surface area contributed by atoms with Crippen LogP contribution in [0, 0.1) is 0 Å². The Labute approximate surface area is 154 Å². The predicted molar refractivity (Wildman–Crippen MR) is 105 cm³/mol. The number of nitrogens with two attached hydrogens (primary N) is 1. The molecular weight excluding hydrogens is 328 g/mol. The van der Waals surface area contributed by atoms with Crippen LogP contribution in [0.1, 0.15) is 17.5 Å². The van der Waals surface area contributed by atoms with Gasteiger partial charge in [0.25, 0.3) is 5.91 Å². The van der Waals surface area contributed by atoms with Crippen molar-refractivity contribution in [3.8, 4) is 0 Å². The number of rotatable bonds is 5. The molecule has 0 atom stereocenters. The number of hydrogen-bond donors (Lipinski definition) is 3. The van der Waals surface area contributed by atoms with Crippen molar-refractivity contribution in [1.82, 2.24) is 10.6 Å². The van der Waals surface area contributed by atoms with Crippen LogP contribution in [0.5, 0.6) is 0 Å². The van der Waals surface area contributed by atoms with E-state index in [0.29, 0.717) is 13.0 Å². The minimum atomic E-state index is -0.540. The maximum absolute atomic E-state index is 11.8. The lowest BCUT2D eigenvalue weighted by molar-refractivity contribution is -0.119. The van der Waals surface area contributed by atoms with Crippen LogP contribution in [0.3, 0.4) is 0 Å². The number of hydrogen-bond acceptors (Lipinski definition) is 3. The van der Waals surface area contributed by atoms with Crippen LogP contribution in [-0.4, -0.2) is 31.7 Å². The second-order valence-corrected chi connectivity index (χ2v) is 5.54. The number of benzene rings is 2. The third kappa shape index (κ3) is 8.75. The van der Waals surface area contributed by atoms with Gasteiger partial charge in [-0.2, -0.15) is 4.99 Å². The molecule has 26 heavy (non-hydrogen) atoms. The molecule has 0 spiro atoms. The summed E-state index contributed by atoms with van der Waals surface area (Å²) in [4.78, 5) is 27.2. The molecule has 0 saturated carbocycles. The van der Waals surface area contributed by atoms with Gasteiger partial charge in [0.15, 0.2) is 5.84 Å². The van der Waals surface area contributed by atoms with Crippen LogP contribution >= 0.6 is 0 Å². The molecule has 0 aliphatic rings. The molecule has 2 aromatic carbocycles. The third-order valence-corrected chi connectivity index (χ3v) is 3.24. The van der Waals surface area contributed by atoms with E-state index in [4.69, 9.17) is 5.73 Å². The lowest BCUT2D eigenvalue weighted by Gasteiger charge is -2.04. The smallest absolute Gasteiger partial charge is 0.286 e. The summed E-state index contributed by atoms with van der Waals surface area (Å²) >= 11 is 0. The van der Waals surface area contributed by atoms with Gasteiger partial charge < -0.3 is 16.4 Å². The summed E-state index contributed by atoms with van der Waals surface area (Å²) < 4.78 is 0. The van der Waals surface area contributed by atoms with E-state index in [-0.39, 0.29) is 12.3 Å². The minimum Gasteiger partial charge on any atom is -0.379 e. The zero-order chi connectivity index (χ0) is 19.2. The molecule has 6 nitrogen and oxygen atoms in total. The SMILES string of the molecule is CNC.NC(=NC(=O)CCc1ccccc1)C(=O)NCc1ccccc1. The fourth-order valence-corrected chi connectivity index (χ4v) is 2.01. The van der Waals surface area contributed by atoms with Gasteiger partial charge in [-0.15, -0.1) is 0 Å². The molecule has 6 heteroatoms. The lowest BCUT2D eigenvalue weighted by atomic mass is 10.1. The average molecular weight is 354 g/mol. The molecule has 0 aliphatic carbocycles. The lowest BCUT2D eigenvalue weighted by Crippen LogP contribution is -2.36. The van der Waals surface area contributed by atoms with Crippen molar-refractivity contribution >= 4 is 17.6 Å². The Morgan fingerprint density at radius 1 is 0.923 bits per heavy atom. The summed E-state index contributed by atoms with van der Waals surface area (Å²) in [5.74, 6) is -1.25. The topological polar surface area (TPSA) is 96.6 Å². The summed E-state index contributed by atoms with van der Waals surface area (Å²) in [5.41, 5.74) is 7.56. The maximum atomic E-state index is 11.8. The number of carbonyl (C=O) groups is 2. The van der Waals surface area contributed by atoms with E-state index < -0.39 is 11.8 Å². The molecule has 0 fully saturated rings. The van der Waals surface area contributed by atoms with Crippen molar-refractivity contribution in [3.05, 3.63) is 71.8 Å². The second-order valence-electron chi connectivity index (χ2n) is 5.54. The molecule has 2 aromatic rings. The Bertz CT molecular complexity index is 700. The van der Waals surface area contributed by atoms with Gasteiger partial charge >= 0.3 is 0 Å². The normalized spacial score (nSPS) is 10.5. The molecule has 0 heterocycles. The molecule has 138 valence electrons. The molecular formula is C20H26N4O2. The summed E-state index contributed by atoms with van der Waals surface area (Å²) in [5, 5.41) is 5.38. The number of amides is 2. The fourth-order valence-electron chi connectivity index (χ4n) is 2.01. The molecule has 0 unspecified atom stereocenters. The summed E-state index contributed by atoms with van der Waals surface area (Å²) in [6, 6.07) is 19.0. The van der Waals surface area contributed by atoms with Crippen molar-refractivity contribution in [3.63, 3.8) is 0 Å². The number of carbonyl (C=O) groups excluding carboxylic acids is 2. The first-order chi connectivity index (χ1) is 12.6. The van der Waals surface area contributed by atoms with Gasteiger partial charge in [0.2, 0.25) is 5.91 Å². The van der Waals surface area contributed by atoms with Gasteiger partial charge in [0.05, 0.1) is 0 Å². The first kappa shape index (κ1) is 21.1. The summed E-state index contributed by atoms with van der Waals surface area (Å²) in [6.07, 6.45) is 0.790. The quantitative estimate of drug-likeness (QED) is 0.562. The molecule has 0 saturated heterocycles. The first-order valence-corrected chi connectivity index (χ1v) is 8.38. The van der Waals surface area contributed by atoms with Crippen LogP contribution in [0.2, 0.25) is 0 Å². The number of nitrogens with one attached hydrogen (secondary N) is 2. The predicted octanol–water partition coefficient (Wildman–Crippen LogP) is 1.66. The van der Waals surface area contributed by atoms with Gasteiger partial charge in [-0.1, -0.05) is 60.7 Å². The Hall–Kier alpha value is -2.99. The third-order valence-electron chi connectivity index (χ3n) is 3.24. The molecule has 0 aliphatic heterocycles. The van der Waals surface area contributed by atoms with Crippen LogP contribution in [0.15, 0.2) is 65.7 Å². The molecule has 0 aromatic heterocycles. The highest BCUT2D eigenvalue weighted by Crippen LogP contribution is 2.03. The van der Waals surface area contributed by atoms with E-state index in [1.165, 1.54) is 0 Å². The van der Waals surface area contributed by atoms with E-state index in [1.807, 2.05) is 74.8 Å². The van der Waals surface area contributed by atoms with Gasteiger partial charge in [-0.05, 0) is 31.6 Å². The Balaban J connectivity index is 0.00000105. The second kappa shape index (κ2) is 12.4. The zero-order valence-corrected chi connectivity index (χ0v) is 15.2.